The van der Waals surface area contributed by atoms with Crippen molar-refractivity contribution in [3.05, 3.63) is 47.1 Å². The number of piperazine rings is 1. The summed E-state index contributed by atoms with van der Waals surface area (Å²) >= 11 is 6.26. The summed E-state index contributed by atoms with van der Waals surface area (Å²) in [6.45, 7) is 3.10. The van der Waals surface area contributed by atoms with Crippen LogP contribution in [0.3, 0.4) is 0 Å². The smallest absolute Gasteiger partial charge is 0.255 e. The van der Waals surface area contributed by atoms with Crippen molar-refractivity contribution in [1.82, 2.24) is 15.2 Å². The van der Waals surface area contributed by atoms with Crippen LogP contribution in [-0.4, -0.2) is 49.1 Å². The summed E-state index contributed by atoms with van der Waals surface area (Å²) in [5, 5.41) is 3.80. The van der Waals surface area contributed by atoms with Gasteiger partial charge in [0.2, 0.25) is 0 Å². The summed E-state index contributed by atoms with van der Waals surface area (Å²) in [6.07, 6.45) is 1.60. The van der Waals surface area contributed by atoms with Gasteiger partial charge in [-0.2, -0.15) is 0 Å². The Kier molecular flexibility index (Phi) is 4.79. The zero-order valence-corrected chi connectivity index (χ0v) is 13.6. The molecule has 1 aromatic heterocycles. The minimum absolute atomic E-state index is 0.0108. The molecule has 5 nitrogen and oxygen atoms in total. The number of hydrogen-bond donors (Lipinski definition) is 1. The molecule has 120 valence electrons. The van der Waals surface area contributed by atoms with Gasteiger partial charge in [0.1, 0.15) is 5.75 Å². The lowest BCUT2D eigenvalue weighted by Crippen LogP contribution is -2.46. The molecule has 0 atom stereocenters. The van der Waals surface area contributed by atoms with Crippen LogP contribution < -0.4 is 10.1 Å². The second kappa shape index (κ2) is 6.98. The van der Waals surface area contributed by atoms with E-state index in [1.54, 1.807) is 31.5 Å². The number of amides is 1. The fourth-order valence-corrected chi connectivity index (χ4v) is 2.90. The van der Waals surface area contributed by atoms with Crippen LogP contribution in [0.1, 0.15) is 10.4 Å². The van der Waals surface area contributed by atoms with E-state index in [0.717, 1.165) is 31.7 Å². The summed E-state index contributed by atoms with van der Waals surface area (Å²) in [4.78, 5) is 18.7. The Hall–Kier alpha value is -2.11. The quantitative estimate of drug-likeness (QED) is 0.938. The van der Waals surface area contributed by atoms with Crippen molar-refractivity contribution >= 4 is 17.5 Å². The van der Waals surface area contributed by atoms with Gasteiger partial charge in [-0.05, 0) is 24.3 Å². The van der Waals surface area contributed by atoms with Crippen LogP contribution in [0.2, 0.25) is 5.02 Å². The van der Waals surface area contributed by atoms with E-state index in [4.69, 9.17) is 16.3 Å². The van der Waals surface area contributed by atoms with E-state index < -0.39 is 0 Å². The molecule has 0 unspecified atom stereocenters. The van der Waals surface area contributed by atoms with E-state index in [-0.39, 0.29) is 5.91 Å². The van der Waals surface area contributed by atoms with Gasteiger partial charge in [-0.25, -0.2) is 0 Å². The summed E-state index contributed by atoms with van der Waals surface area (Å²) in [5.74, 6) is 0.669. The van der Waals surface area contributed by atoms with Crippen LogP contribution in [0.15, 0.2) is 36.5 Å². The van der Waals surface area contributed by atoms with Crippen LogP contribution in [-0.2, 0) is 0 Å². The van der Waals surface area contributed by atoms with Crippen LogP contribution in [0.5, 0.6) is 5.75 Å². The highest BCUT2D eigenvalue weighted by atomic mass is 35.5. The molecule has 3 rings (SSSR count). The molecule has 2 heterocycles. The number of aromatic nitrogens is 1. The van der Waals surface area contributed by atoms with Crippen molar-refractivity contribution in [2.24, 2.45) is 0 Å². The third-order valence-corrected chi connectivity index (χ3v) is 4.18. The van der Waals surface area contributed by atoms with Crippen LogP contribution in [0, 0.1) is 0 Å². The fourth-order valence-electron chi connectivity index (χ4n) is 2.64. The van der Waals surface area contributed by atoms with E-state index in [0.29, 0.717) is 22.0 Å². The second-order valence-electron chi connectivity index (χ2n) is 5.29. The number of carbonyl (C=O) groups excluding carboxylic acids is 1. The Balaban J connectivity index is 1.86. The fraction of sp³-hybridized carbons (Fsp3) is 0.294. The first-order valence-electron chi connectivity index (χ1n) is 7.49. The molecule has 1 aliphatic heterocycles. The molecule has 1 saturated heterocycles. The number of benzene rings is 1. The van der Waals surface area contributed by atoms with Gasteiger partial charge in [-0.15, -0.1) is 0 Å². The molecule has 23 heavy (non-hydrogen) atoms. The molecule has 1 aliphatic rings. The Bertz CT molecular complexity index is 697. The van der Waals surface area contributed by atoms with Crippen molar-refractivity contribution in [2.75, 3.05) is 33.3 Å². The number of carbonyl (C=O) groups is 1. The normalized spacial score (nSPS) is 14.6. The lowest BCUT2D eigenvalue weighted by atomic mass is 10.1. The van der Waals surface area contributed by atoms with Crippen molar-refractivity contribution < 1.29 is 9.53 Å². The predicted molar refractivity (Wildman–Crippen MR) is 90.0 cm³/mol. The monoisotopic (exact) mass is 331 g/mol. The summed E-state index contributed by atoms with van der Waals surface area (Å²) in [5.41, 5.74) is 2.00. The molecule has 0 spiro atoms. The Morgan fingerprint density at radius 1 is 1.26 bits per heavy atom. The van der Waals surface area contributed by atoms with Crippen LogP contribution >= 0.6 is 11.6 Å². The van der Waals surface area contributed by atoms with E-state index in [9.17, 15) is 4.79 Å². The Labute approximate surface area is 140 Å². The first-order valence-corrected chi connectivity index (χ1v) is 7.87. The molecule has 0 bridgehead atoms. The zero-order chi connectivity index (χ0) is 16.2. The maximum absolute atomic E-state index is 12.4. The molecule has 1 aromatic carbocycles. The molecular weight excluding hydrogens is 314 g/mol. The summed E-state index contributed by atoms with van der Waals surface area (Å²) in [7, 11) is 1.59. The van der Waals surface area contributed by atoms with E-state index in [1.165, 1.54) is 0 Å². The van der Waals surface area contributed by atoms with Gasteiger partial charge in [0, 0.05) is 32.4 Å². The average Bonchev–Trinajstić information content (AvgIpc) is 2.62. The third kappa shape index (κ3) is 3.30. The van der Waals surface area contributed by atoms with Crippen LogP contribution in [0.25, 0.3) is 11.3 Å². The molecule has 1 fully saturated rings. The predicted octanol–water partition coefficient (Wildman–Crippen LogP) is 2.46. The number of ether oxygens (including phenoxy) is 1. The van der Waals surface area contributed by atoms with Gasteiger partial charge >= 0.3 is 0 Å². The SMILES string of the molecule is COc1cccc(Cl)c1-c1ccc(C(=O)N2CCNCC2)cn1. The highest BCUT2D eigenvalue weighted by Crippen LogP contribution is 2.35. The standard InChI is InChI=1S/C17H18ClN3O2/c1-23-15-4-2-3-13(18)16(15)14-6-5-12(11-20-14)17(22)21-9-7-19-8-10-21/h2-6,11,19H,7-10H2,1H3. The molecule has 0 radical (unpaired) electrons. The number of pyridine rings is 1. The van der Waals surface area contributed by atoms with Crippen molar-refractivity contribution in [1.29, 1.82) is 0 Å². The number of hydrogen-bond acceptors (Lipinski definition) is 4. The molecule has 6 heteroatoms. The van der Waals surface area contributed by atoms with E-state index in [2.05, 4.69) is 10.3 Å². The third-order valence-electron chi connectivity index (χ3n) is 3.87. The molecule has 0 aliphatic carbocycles. The van der Waals surface area contributed by atoms with Crippen molar-refractivity contribution in [2.45, 2.75) is 0 Å². The number of nitrogens with one attached hydrogen (secondary N) is 1. The second-order valence-corrected chi connectivity index (χ2v) is 5.70. The molecule has 1 N–H and O–H groups in total. The van der Waals surface area contributed by atoms with Crippen molar-refractivity contribution in [3.8, 4) is 17.0 Å². The lowest BCUT2D eigenvalue weighted by molar-refractivity contribution is 0.0735. The number of nitrogens with zero attached hydrogens (tertiary/aromatic N) is 2. The zero-order valence-electron chi connectivity index (χ0n) is 12.9. The first kappa shape index (κ1) is 15.8. The minimum atomic E-state index is 0.0108. The van der Waals surface area contributed by atoms with Gasteiger partial charge < -0.3 is 15.0 Å². The minimum Gasteiger partial charge on any atom is -0.496 e. The highest BCUT2D eigenvalue weighted by molar-refractivity contribution is 6.33. The molecule has 0 saturated carbocycles. The maximum atomic E-state index is 12.4. The van der Waals surface area contributed by atoms with Gasteiger partial charge in [-0.3, -0.25) is 9.78 Å². The Morgan fingerprint density at radius 3 is 2.70 bits per heavy atom. The molecule has 2 aromatic rings. The van der Waals surface area contributed by atoms with Crippen molar-refractivity contribution in [3.63, 3.8) is 0 Å². The number of halogens is 1. The average molecular weight is 332 g/mol. The molecule has 1 amide bonds. The summed E-state index contributed by atoms with van der Waals surface area (Å²) in [6, 6.07) is 9.05. The van der Waals surface area contributed by atoms with Gasteiger partial charge in [0.05, 0.1) is 29.0 Å². The highest BCUT2D eigenvalue weighted by Gasteiger charge is 2.19. The molecular formula is C17H18ClN3O2. The summed E-state index contributed by atoms with van der Waals surface area (Å²) < 4.78 is 5.35. The van der Waals surface area contributed by atoms with E-state index >= 15 is 0 Å². The number of rotatable bonds is 3. The van der Waals surface area contributed by atoms with Gasteiger partial charge in [0.15, 0.2) is 0 Å². The Morgan fingerprint density at radius 2 is 2.04 bits per heavy atom. The lowest BCUT2D eigenvalue weighted by Gasteiger charge is -2.27. The first-order chi connectivity index (χ1) is 11.2. The van der Waals surface area contributed by atoms with E-state index in [1.807, 2.05) is 17.0 Å². The topological polar surface area (TPSA) is 54.5 Å². The van der Waals surface area contributed by atoms with Gasteiger partial charge in [-0.1, -0.05) is 17.7 Å². The largest absolute Gasteiger partial charge is 0.496 e. The van der Waals surface area contributed by atoms with Gasteiger partial charge in [0.25, 0.3) is 5.91 Å². The van der Waals surface area contributed by atoms with Crippen LogP contribution in [0.4, 0.5) is 0 Å². The number of methoxy groups -OCH3 is 1. The maximum Gasteiger partial charge on any atom is 0.255 e.